The molecule has 1 heterocycles. The van der Waals surface area contributed by atoms with Gasteiger partial charge < -0.3 is 15.0 Å². The summed E-state index contributed by atoms with van der Waals surface area (Å²) in [6.45, 7) is 6.48. The molecule has 0 bridgehead atoms. The van der Waals surface area contributed by atoms with Gasteiger partial charge in [-0.15, -0.1) is 0 Å². The maximum atomic E-state index is 12.6. The Balaban J connectivity index is 2.13. The molecule has 0 radical (unpaired) electrons. The van der Waals surface area contributed by atoms with E-state index < -0.39 is 6.10 Å². The Morgan fingerprint density at radius 3 is 2.63 bits per heavy atom. The van der Waals surface area contributed by atoms with Crippen molar-refractivity contribution in [3.63, 3.8) is 0 Å². The first-order valence-corrected chi connectivity index (χ1v) is 6.65. The standard InChI is InChI=1S/C15H22N2O2/c1-15(2)11-17(10-9-16-15)14(18)13(19-3)12-7-5-4-6-8-12/h4-8,13,16H,9-11H2,1-3H3. The predicted octanol–water partition coefficient (Wildman–Crippen LogP) is 1.58. The lowest BCUT2D eigenvalue weighted by molar-refractivity contribution is -0.144. The normalized spacial score (nSPS) is 20.1. The molecule has 1 fully saturated rings. The van der Waals surface area contributed by atoms with Gasteiger partial charge in [-0.2, -0.15) is 0 Å². The molecule has 0 aliphatic carbocycles. The van der Waals surface area contributed by atoms with Gasteiger partial charge in [-0.3, -0.25) is 4.79 Å². The summed E-state index contributed by atoms with van der Waals surface area (Å²) in [5, 5.41) is 3.41. The first-order valence-electron chi connectivity index (χ1n) is 6.65. The van der Waals surface area contributed by atoms with Crippen molar-refractivity contribution < 1.29 is 9.53 Å². The fourth-order valence-electron chi connectivity index (χ4n) is 2.50. The van der Waals surface area contributed by atoms with E-state index in [4.69, 9.17) is 4.74 Å². The number of carbonyl (C=O) groups is 1. The van der Waals surface area contributed by atoms with Gasteiger partial charge in [-0.05, 0) is 19.4 Å². The maximum absolute atomic E-state index is 12.6. The van der Waals surface area contributed by atoms with Crippen LogP contribution in [0.25, 0.3) is 0 Å². The monoisotopic (exact) mass is 262 g/mol. The summed E-state index contributed by atoms with van der Waals surface area (Å²) in [6.07, 6.45) is -0.505. The number of nitrogens with zero attached hydrogens (tertiary/aromatic N) is 1. The minimum absolute atomic E-state index is 0.0388. The fraction of sp³-hybridized carbons (Fsp3) is 0.533. The SMILES string of the molecule is COC(C(=O)N1CCNC(C)(C)C1)c1ccccc1. The van der Waals surface area contributed by atoms with Crippen LogP contribution < -0.4 is 5.32 Å². The summed E-state index contributed by atoms with van der Waals surface area (Å²) in [4.78, 5) is 14.5. The first kappa shape index (κ1) is 14.0. The van der Waals surface area contributed by atoms with Crippen LogP contribution in [0.5, 0.6) is 0 Å². The second kappa shape index (κ2) is 5.72. The van der Waals surface area contributed by atoms with Gasteiger partial charge in [0.15, 0.2) is 6.10 Å². The van der Waals surface area contributed by atoms with Crippen LogP contribution in [0.2, 0.25) is 0 Å². The van der Waals surface area contributed by atoms with Crippen molar-refractivity contribution in [2.45, 2.75) is 25.5 Å². The molecule has 1 aromatic carbocycles. The Labute approximate surface area is 114 Å². The van der Waals surface area contributed by atoms with E-state index in [0.29, 0.717) is 6.54 Å². The van der Waals surface area contributed by atoms with E-state index in [2.05, 4.69) is 19.2 Å². The molecule has 19 heavy (non-hydrogen) atoms. The average molecular weight is 262 g/mol. The zero-order valence-electron chi connectivity index (χ0n) is 11.8. The summed E-state index contributed by atoms with van der Waals surface area (Å²) < 4.78 is 5.41. The van der Waals surface area contributed by atoms with Crippen molar-refractivity contribution in [1.82, 2.24) is 10.2 Å². The van der Waals surface area contributed by atoms with Crippen molar-refractivity contribution in [3.05, 3.63) is 35.9 Å². The summed E-state index contributed by atoms with van der Waals surface area (Å²) >= 11 is 0. The number of nitrogens with one attached hydrogen (secondary N) is 1. The Morgan fingerprint density at radius 2 is 2.05 bits per heavy atom. The number of methoxy groups -OCH3 is 1. The molecule has 1 N–H and O–H groups in total. The van der Waals surface area contributed by atoms with Crippen LogP contribution in [0.4, 0.5) is 0 Å². The average Bonchev–Trinajstić information content (AvgIpc) is 2.39. The Morgan fingerprint density at radius 1 is 1.37 bits per heavy atom. The highest BCUT2D eigenvalue weighted by atomic mass is 16.5. The van der Waals surface area contributed by atoms with Crippen LogP contribution in [0.15, 0.2) is 30.3 Å². The molecule has 0 spiro atoms. The van der Waals surface area contributed by atoms with Crippen LogP contribution in [-0.2, 0) is 9.53 Å². The van der Waals surface area contributed by atoms with Crippen LogP contribution in [0, 0.1) is 0 Å². The summed E-state index contributed by atoms with van der Waals surface area (Å²) in [7, 11) is 1.59. The topological polar surface area (TPSA) is 41.6 Å². The molecule has 2 rings (SSSR count). The number of ether oxygens (including phenoxy) is 1. The molecule has 1 aliphatic rings. The van der Waals surface area contributed by atoms with Crippen molar-refractivity contribution in [3.8, 4) is 0 Å². The molecule has 0 saturated carbocycles. The van der Waals surface area contributed by atoms with Gasteiger partial charge in [0.1, 0.15) is 0 Å². The smallest absolute Gasteiger partial charge is 0.256 e. The Bertz CT molecular complexity index is 431. The number of carbonyl (C=O) groups excluding carboxylic acids is 1. The highest BCUT2D eigenvalue weighted by Crippen LogP contribution is 2.21. The molecule has 104 valence electrons. The largest absolute Gasteiger partial charge is 0.367 e. The second-order valence-corrected chi connectivity index (χ2v) is 5.60. The molecular weight excluding hydrogens is 240 g/mol. The van der Waals surface area contributed by atoms with Crippen molar-refractivity contribution in [1.29, 1.82) is 0 Å². The number of rotatable bonds is 3. The minimum Gasteiger partial charge on any atom is -0.367 e. The quantitative estimate of drug-likeness (QED) is 0.899. The van der Waals surface area contributed by atoms with E-state index in [1.807, 2.05) is 35.2 Å². The van der Waals surface area contributed by atoms with Crippen LogP contribution >= 0.6 is 0 Å². The lowest BCUT2D eigenvalue weighted by Gasteiger charge is -2.40. The van der Waals surface area contributed by atoms with Gasteiger partial charge in [0.05, 0.1) is 0 Å². The van der Waals surface area contributed by atoms with Gasteiger partial charge in [0, 0.05) is 32.3 Å². The van der Waals surface area contributed by atoms with Gasteiger partial charge >= 0.3 is 0 Å². The molecule has 1 saturated heterocycles. The fourth-order valence-corrected chi connectivity index (χ4v) is 2.50. The molecule has 4 nitrogen and oxygen atoms in total. The van der Waals surface area contributed by atoms with E-state index in [-0.39, 0.29) is 11.4 Å². The third kappa shape index (κ3) is 3.33. The van der Waals surface area contributed by atoms with Gasteiger partial charge in [-0.1, -0.05) is 30.3 Å². The van der Waals surface area contributed by atoms with E-state index in [0.717, 1.165) is 18.7 Å². The zero-order chi connectivity index (χ0) is 13.9. The zero-order valence-corrected chi connectivity index (χ0v) is 11.8. The Hall–Kier alpha value is -1.39. The molecule has 1 aromatic rings. The highest BCUT2D eigenvalue weighted by molar-refractivity contribution is 5.82. The van der Waals surface area contributed by atoms with E-state index in [1.165, 1.54) is 0 Å². The summed E-state index contributed by atoms with van der Waals surface area (Å²) in [5.41, 5.74) is 0.870. The van der Waals surface area contributed by atoms with Crippen LogP contribution in [0.1, 0.15) is 25.5 Å². The number of amides is 1. The second-order valence-electron chi connectivity index (χ2n) is 5.60. The third-order valence-electron chi connectivity index (χ3n) is 3.45. The number of hydrogen-bond acceptors (Lipinski definition) is 3. The van der Waals surface area contributed by atoms with Crippen molar-refractivity contribution >= 4 is 5.91 Å². The first-order chi connectivity index (χ1) is 9.03. The Kier molecular flexibility index (Phi) is 4.22. The summed E-state index contributed by atoms with van der Waals surface area (Å²) in [5.74, 6) is 0.0447. The number of hydrogen-bond donors (Lipinski definition) is 1. The van der Waals surface area contributed by atoms with Crippen LogP contribution in [-0.4, -0.2) is 43.1 Å². The van der Waals surface area contributed by atoms with E-state index in [9.17, 15) is 4.79 Å². The number of benzene rings is 1. The van der Waals surface area contributed by atoms with Crippen LogP contribution in [0.3, 0.4) is 0 Å². The number of piperazine rings is 1. The van der Waals surface area contributed by atoms with Crippen molar-refractivity contribution in [2.24, 2.45) is 0 Å². The van der Waals surface area contributed by atoms with E-state index >= 15 is 0 Å². The lowest BCUT2D eigenvalue weighted by Crippen LogP contribution is -2.59. The maximum Gasteiger partial charge on any atom is 0.256 e. The molecule has 1 aliphatic heterocycles. The molecule has 1 atom stereocenters. The highest BCUT2D eigenvalue weighted by Gasteiger charge is 2.32. The van der Waals surface area contributed by atoms with Gasteiger partial charge in [0.25, 0.3) is 5.91 Å². The summed E-state index contributed by atoms with van der Waals surface area (Å²) in [6, 6.07) is 9.65. The molecule has 0 aromatic heterocycles. The molecule has 1 amide bonds. The molecule has 1 unspecified atom stereocenters. The molecule has 4 heteroatoms. The van der Waals surface area contributed by atoms with Crippen molar-refractivity contribution in [2.75, 3.05) is 26.7 Å². The predicted molar refractivity (Wildman–Crippen MR) is 74.9 cm³/mol. The van der Waals surface area contributed by atoms with Gasteiger partial charge in [-0.25, -0.2) is 0 Å². The van der Waals surface area contributed by atoms with E-state index in [1.54, 1.807) is 7.11 Å². The lowest BCUT2D eigenvalue weighted by atomic mass is 10.0. The third-order valence-corrected chi connectivity index (χ3v) is 3.45. The van der Waals surface area contributed by atoms with Gasteiger partial charge in [0.2, 0.25) is 0 Å². The molecular formula is C15H22N2O2. The minimum atomic E-state index is -0.505.